The van der Waals surface area contributed by atoms with Gasteiger partial charge in [-0.15, -0.1) is 0 Å². The number of methoxy groups -OCH3 is 2. The molecule has 0 aromatic carbocycles. The SMILES string of the molecule is COC(=O)C(Nc1nc(C#N)c(OC)o1)C(C)C. The van der Waals surface area contributed by atoms with Crippen LogP contribution in [-0.2, 0) is 9.53 Å². The maximum atomic E-state index is 11.5. The maximum Gasteiger partial charge on any atom is 0.328 e. The van der Waals surface area contributed by atoms with Crippen LogP contribution in [0.1, 0.15) is 19.5 Å². The van der Waals surface area contributed by atoms with E-state index < -0.39 is 12.0 Å². The predicted octanol–water partition coefficient (Wildman–Crippen LogP) is 1.16. The molecule has 1 N–H and O–H groups in total. The van der Waals surface area contributed by atoms with Crippen LogP contribution < -0.4 is 10.1 Å². The molecule has 7 nitrogen and oxygen atoms in total. The van der Waals surface area contributed by atoms with Gasteiger partial charge in [-0.2, -0.15) is 10.2 Å². The van der Waals surface area contributed by atoms with Crippen molar-refractivity contribution in [2.75, 3.05) is 19.5 Å². The van der Waals surface area contributed by atoms with Gasteiger partial charge in [0.05, 0.1) is 14.2 Å². The van der Waals surface area contributed by atoms with Crippen LogP contribution >= 0.6 is 0 Å². The zero-order chi connectivity index (χ0) is 13.7. The summed E-state index contributed by atoms with van der Waals surface area (Å²) in [6, 6.07) is 1.27. The zero-order valence-corrected chi connectivity index (χ0v) is 10.7. The summed E-state index contributed by atoms with van der Waals surface area (Å²) in [6.07, 6.45) is 0. The molecule has 1 rings (SSSR count). The zero-order valence-electron chi connectivity index (χ0n) is 10.7. The van der Waals surface area contributed by atoms with Crippen molar-refractivity contribution in [2.24, 2.45) is 5.92 Å². The lowest BCUT2D eigenvalue weighted by atomic mass is 10.1. The van der Waals surface area contributed by atoms with E-state index in [4.69, 9.17) is 14.4 Å². The molecule has 0 amide bonds. The number of anilines is 1. The van der Waals surface area contributed by atoms with Gasteiger partial charge in [-0.1, -0.05) is 13.8 Å². The van der Waals surface area contributed by atoms with E-state index in [0.29, 0.717) is 0 Å². The molecule has 0 aliphatic rings. The topological polar surface area (TPSA) is 97.4 Å². The molecule has 1 aromatic heterocycles. The molecule has 0 saturated carbocycles. The van der Waals surface area contributed by atoms with Gasteiger partial charge in [0.2, 0.25) is 5.69 Å². The number of rotatable bonds is 5. The summed E-state index contributed by atoms with van der Waals surface area (Å²) in [7, 11) is 2.67. The van der Waals surface area contributed by atoms with E-state index in [0.717, 1.165) is 0 Å². The monoisotopic (exact) mass is 253 g/mol. The summed E-state index contributed by atoms with van der Waals surface area (Å²) < 4.78 is 14.7. The highest BCUT2D eigenvalue weighted by Gasteiger charge is 2.25. The number of oxazole rings is 1. The van der Waals surface area contributed by atoms with Crippen LogP contribution in [0.3, 0.4) is 0 Å². The predicted molar refractivity (Wildman–Crippen MR) is 62.0 cm³/mol. The lowest BCUT2D eigenvalue weighted by Gasteiger charge is -2.18. The molecular weight excluding hydrogens is 238 g/mol. The van der Waals surface area contributed by atoms with Crippen molar-refractivity contribution in [1.82, 2.24) is 4.98 Å². The molecule has 18 heavy (non-hydrogen) atoms. The van der Waals surface area contributed by atoms with Crippen LogP contribution in [0.15, 0.2) is 4.42 Å². The van der Waals surface area contributed by atoms with Crippen molar-refractivity contribution in [3.63, 3.8) is 0 Å². The smallest absolute Gasteiger partial charge is 0.328 e. The summed E-state index contributed by atoms with van der Waals surface area (Å²) in [5, 5.41) is 11.6. The van der Waals surface area contributed by atoms with E-state index in [-0.39, 0.29) is 23.6 Å². The number of ether oxygens (including phenoxy) is 2. The van der Waals surface area contributed by atoms with Gasteiger partial charge >= 0.3 is 11.9 Å². The molecule has 0 saturated heterocycles. The minimum atomic E-state index is -0.607. The second-order valence-electron chi connectivity index (χ2n) is 3.86. The molecule has 0 spiro atoms. The van der Waals surface area contributed by atoms with E-state index in [1.54, 1.807) is 0 Å². The standard InChI is InChI=1S/C11H15N3O4/c1-6(2)8(9(15)16-3)14-11-13-7(5-12)10(17-4)18-11/h6,8H,1-4H3,(H,13,14). The third-order valence-electron chi connectivity index (χ3n) is 2.29. The van der Waals surface area contributed by atoms with Gasteiger partial charge < -0.3 is 19.2 Å². The highest BCUT2D eigenvalue weighted by molar-refractivity contribution is 5.78. The first-order chi connectivity index (χ1) is 8.53. The van der Waals surface area contributed by atoms with Crippen LogP contribution in [0.5, 0.6) is 5.95 Å². The van der Waals surface area contributed by atoms with E-state index in [1.807, 2.05) is 19.9 Å². The third kappa shape index (κ3) is 2.91. The van der Waals surface area contributed by atoms with Crippen LogP contribution in [0.25, 0.3) is 0 Å². The summed E-state index contributed by atoms with van der Waals surface area (Å²) in [4.78, 5) is 15.4. The van der Waals surface area contributed by atoms with E-state index in [1.165, 1.54) is 14.2 Å². The number of carbonyl (C=O) groups excluding carboxylic acids is 1. The first kappa shape index (κ1) is 13.8. The Morgan fingerprint density at radius 3 is 2.56 bits per heavy atom. The summed E-state index contributed by atoms with van der Waals surface area (Å²) in [5.74, 6) is -0.450. The van der Waals surface area contributed by atoms with Crippen LogP contribution in [0.4, 0.5) is 6.01 Å². The molecule has 0 fully saturated rings. The van der Waals surface area contributed by atoms with Crippen molar-refractivity contribution in [3.05, 3.63) is 5.69 Å². The Labute approximate surface area is 105 Å². The average Bonchev–Trinajstić information content (AvgIpc) is 2.76. The lowest BCUT2D eigenvalue weighted by molar-refractivity contribution is -0.142. The molecule has 0 bridgehead atoms. The number of esters is 1. The molecule has 0 aliphatic heterocycles. The molecule has 98 valence electrons. The number of hydrogen-bond donors (Lipinski definition) is 1. The van der Waals surface area contributed by atoms with Crippen molar-refractivity contribution >= 4 is 12.0 Å². The van der Waals surface area contributed by atoms with Gasteiger partial charge in [-0.25, -0.2) is 4.79 Å². The second-order valence-corrected chi connectivity index (χ2v) is 3.86. The molecule has 7 heteroatoms. The van der Waals surface area contributed by atoms with Crippen molar-refractivity contribution < 1.29 is 18.7 Å². The van der Waals surface area contributed by atoms with Crippen molar-refractivity contribution in [3.8, 4) is 12.0 Å². The number of nitrogens with zero attached hydrogens (tertiary/aromatic N) is 2. The molecule has 1 unspecified atom stereocenters. The quantitative estimate of drug-likeness (QED) is 0.786. The van der Waals surface area contributed by atoms with Crippen LogP contribution in [0.2, 0.25) is 0 Å². The first-order valence-corrected chi connectivity index (χ1v) is 5.32. The number of aromatic nitrogens is 1. The van der Waals surface area contributed by atoms with Gasteiger partial charge in [0.15, 0.2) is 0 Å². The Bertz CT molecular complexity index is 461. The van der Waals surface area contributed by atoms with Gasteiger partial charge in [0, 0.05) is 0 Å². The number of carbonyl (C=O) groups is 1. The highest BCUT2D eigenvalue weighted by Crippen LogP contribution is 2.23. The van der Waals surface area contributed by atoms with Gasteiger partial charge in [0.1, 0.15) is 12.1 Å². The molecule has 0 radical (unpaired) electrons. The fourth-order valence-corrected chi connectivity index (χ4v) is 1.33. The van der Waals surface area contributed by atoms with Crippen molar-refractivity contribution in [1.29, 1.82) is 5.26 Å². The minimum absolute atomic E-state index is 0.00683. The maximum absolute atomic E-state index is 11.5. The Morgan fingerprint density at radius 2 is 2.17 bits per heavy atom. The lowest BCUT2D eigenvalue weighted by Crippen LogP contribution is -2.35. The number of nitrogens with one attached hydrogen (secondary N) is 1. The third-order valence-corrected chi connectivity index (χ3v) is 2.29. The van der Waals surface area contributed by atoms with Crippen LogP contribution in [0, 0.1) is 17.2 Å². The second kappa shape index (κ2) is 5.91. The molecule has 0 aliphatic carbocycles. The van der Waals surface area contributed by atoms with Crippen molar-refractivity contribution in [2.45, 2.75) is 19.9 Å². The largest absolute Gasteiger partial charge is 0.467 e. The summed E-state index contributed by atoms with van der Waals surface area (Å²) in [5.41, 5.74) is 0.0207. The van der Waals surface area contributed by atoms with E-state index in [9.17, 15) is 4.79 Å². The Hall–Kier alpha value is -2.23. The summed E-state index contributed by atoms with van der Waals surface area (Å²) in [6.45, 7) is 3.69. The van der Waals surface area contributed by atoms with Gasteiger partial charge in [-0.3, -0.25) is 0 Å². The number of nitriles is 1. The average molecular weight is 253 g/mol. The fraction of sp³-hybridized carbons (Fsp3) is 0.545. The Morgan fingerprint density at radius 1 is 1.50 bits per heavy atom. The molecule has 1 heterocycles. The first-order valence-electron chi connectivity index (χ1n) is 5.32. The van der Waals surface area contributed by atoms with E-state index in [2.05, 4.69) is 15.0 Å². The highest BCUT2D eigenvalue weighted by atomic mass is 16.6. The van der Waals surface area contributed by atoms with Crippen LogP contribution in [-0.4, -0.2) is 31.2 Å². The Balaban J connectivity index is 2.91. The molecular formula is C11H15N3O4. The number of hydrogen-bond acceptors (Lipinski definition) is 7. The molecule has 1 aromatic rings. The minimum Gasteiger partial charge on any atom is -0.467 e. The van der Waals surface area contributed by atoms with E-state index >= 15 is 0 Å². The van der Waals surface area contributed by atoms with Gasteiger partial charge in [0.25, 0.3) is 6.01 Å². The summed E-state index contributed by atoms with van der Waals surface area (Å²) >= 11 is 0. The van der Waals surface area contributed by atoms with Gasteiger partial charge in [-0.05, 0) is 5.92 Å². The Kier molecular flexibility index (Phi) is 4.54. The normalized spacial score (nSPS) is 11.8. The molecule has 1 atom stereocenters. The fourth-order valence-electron chi connectivity index (χ4n) is 1.33.